The molecule has 0 amide bonds. The molecule has 0 atom stereocenters. The van der Waals surface area contributed by atoms with Gasteiger partial charge in [0, 0.05) is 5.56 Å². The van der Waals surface area contributed by atoms with Crippen LogP contribution in [-0.2, 0) is 0 Å². The fourth-order valence-electron chi connectivity index (χ4n) is 2.30. The number of benzene rings is 2. The van der Waals surface area contributed by atoms with Crippen molar-refractivity contribution in [2.45, 2.75) is 0 Å². The number of rotatable bonds is 3. The number of aromatic carboxylic acids is 1. The van der Waals surface area contributed by atoms with Crippen molar-refractivity contribution in [3.63, 3.8) is 0 Å². The minimum absolute atomic E-state index is 0.0886. The average molecular weight is 317 g/mol. The molecule has 2 aromatic carbocycles. The van der Waals surface area contributed by atoms with Crippen LogP contribution < -0.4 is 5.56 Å². The normalized spacial score (nSPS) is 10.1. The summed E-state index contributed by atoms with van der Waals surface area (Å²) in [5.41, 5.74) is 0.801. The van der Waals surface area contributed by atoms with Crippen LogP contribution in [0.2, 0.25) is 0 Å². The molecule has 6 nitrogen and oxygen atoms in total. The topological polar surface area (TPSA) is 87.4 Å². The van der Waals surface area contributed by atoms with Gasteiger partial charge in [0.1, 0.15) is 5.82 Å². The van der Waals surface area contributed by atoms with E-state index in [-0.39, 0.29) is 22.8 Å². The van der Waals surface area contributed by atoms with Crippen LogP contribution in [0.5, 0.6) is 0 Å². The van der Waals surface area contributed by atoms with Gasteiger partial charge in [-0.2, -0.15) is 0 Å². The highest BCUT2D eigenvalue weighted by Crippen LogP contribution is 2.27. The third-order valence-corrected chi connectivity index (χ3v) is 3.44. The van der Waals surface area contributed by atoms with Crippen LogP contribution >= 0.6 is 0 Å². The molecule has 2 N–H and O–H groups in total. The summed E-state index contributed by atoms with van der Waals surface area (Å²) in [5.74, 6) is -0.852. The van der Waals surface area contributed by atoms with Crippen LogP contribution in [0, 0.1) is 6.57 Å². The van der Waals surface area contributed by atoms with E-state index in [4.69, 9.17) is 11.7 Å². The van der Waals surface area contributed by atoms with Gasteiger partial charge in [-0.1, -0.05) is 42.5 Å². The summed E-state index contributed by atoms with van der Waals surface area (Å²) < 4.78 is 0. The highest BCUT2D eigenvalue weighted by molar-refractivity contribution is 5.89. The zero-order valence-corrected chi connectivity index (χ0v) is 12.4. The molecule has 0 spiro atoms. The number of nitrogens with zero attached hydrogens (tertiary/aromatic N) is 2. The number of hydrogen-bond acceptors (Lipinski definition) is 3. The summed E-state index contributed by atoms with van der Waals surface area (Å²) in [6, 6.07) is 15.0. The van der Waals surface area contributed by atoms with Gasteiger partial charge < -0.3 is 10.1 Å². The van der Waals surface area contributed by atoms with E-state index in [1.165, 1.54) is 12.1 Å². The molecule has 0 saturated heterocycles. The van der Waals surface area contributed by atoms with E-state index in [0.717, 1.165) is 0 Å². The van der Waals surface area contributed by atoms with Gasteiger partial charge in [0.25, 0.3) is 11.2 Å². The van der Waals surface area contributed by atoms with Crippen molar-refractivity contribution in [3.05, 3.63) is 81.9 Å². The quantitative estimate of drug-likeness (QED) is 0.725. The summed E-state index contributed by atoms with van der Waals surface area (Å²) in [6.07, 6.45) is 0. The Morgan fingerprint density at radius 2 is 1.79 bits per heavy atom. The fourth-order valence-corrected chi connectivity index (χ4v) is 2.30. The molecule has 0 radical (unpaired) electrons. The Labute approximate surface area is 136 Å². The first-order chi connectivity index (χ1) is 11.6. The molecule has 0 aliphatic heterocycles. The molecule has 116 valence electrons. The first-order valence-corrected chi connectivity index (χ1v) is 7.01. The molecule has 0 saturated carbocycles. The molecule has 24 heavy (non-hydrogen) atoms. The lowest BCUT2D eigenvalue weighted by atomic mass is 10.1. The predicted molar refractivity (Wildman–Crippen MR) is 89.0 cm³/mol. The van der Waals surface area contributed by atoms with E-state index >= 15 is 0 Å². The Kier molecular flexibility index (Phi) is 3.91. The molecule has 6 heteroatoms. The van der Waals surface area contributed by atoms with Crippen LogP contribution in [-0.4, -0.2) is 21.0 Å². The fraction of sp³-hybridized carbons (Fsp3) is 0. The largest absolute Gasteiger partial charge is 0.478 e. The molecule has 1 heterocycles. The van der Waals surface area contributed by atoms with Crippen molar-refractivity contribution in [1.29, 1.82) is 0 Å². The minimum Gasteiger partial charge on any atom is -0.478 e. The molecular weight excluding hydrogens is 306 g/mol. The second-order valence-electron chi connectivity index (χ2n) is 4.98. The van der Waals surface area contributed by atoms with Crippen molar-refractivity contribution >= 4 is 11.7 Å². The monoisotopic (exact) mass is 317 g/mol. The predicted octanol–water partition coefficient (Wildman–Crippen LogP) is 3.35. The Morgan fingerprint density at radius 1 is 1.08 bits per heavy atom. The van der Waals surface area contributed by atoms with E-state index in [0.29, 0.717) is 11.1 Å². The van der Waals surface area contributed by atoms with E-state index in [1.54, 1.807) is 36.4 Å². The summed E-state index contributed by atoms with van der Waals surface area (Å²) in [5, 5.41) is 9.09. The summed E-state index contributed by atoms with van der Waals surface area (Å²) in [7, 11) is 0. The molecule has 0 fully saturated rings. The lowest BCUT2D eigenvalue weighted by Crippen LogP contribution is -2.10. The Bertz CT molecular complexity index is 1020. The first kappa shape index (κ1) is 15.2. The Hall–Kier alpha value is -3.72. The van der Waals surface area contributed by atoms with Gasteiger partial charge in [0.15, 0.2) is 0 Å². The molecule has 0 bridgehead atoms. The second-order valence-corrected chi connectivity index (χ2v) is 4.98. The number of carboxylic acid groups (broad SMARTS) is 1. The second kappa shape index (κ2) is 6.18. The molecule has 0 unspecified atom stereocenters. The van der Waals surface area contributed by atoms with Crippen molar-refractivity contribution in [3.8, 4) is 22.6 Å². The Balaban J connectivity index is 2.23. The zero-order valence-electron chi connectivity index (χ0n) is 12.4. The van der Waals surface area contributed by atoms with Crippen molar-refractivity contribution < 1.29 is 9.90 Å². The molecule has 0 aliphatic carbocycles. The maximum atomic E-state index is 12.2. The van der Waals surface area contributed by atoms with E-state index < -0.39 is 11.5 Å². The molecular formula is C18H11N3O3. The summed E-state index contributed by atoms with van der Waals surface area (Å²) in [6.45, 7) is 7.23. The number of aromatic amines is 1. The zero-order chi connectivity index (χ0) is 17.1. The molecule has 0 aliphatic rings. The third kappa shape index (κ3) is 2.78. The van der Waals surface area contributed by atoms with E-state index in [2.05, 4.69) is 14.8 Å². The average Bonchev–Trinajstić information content (AvgIpc) is 2.62. The number of carbonyl (C=O) groups is 1. The van der Waals surface area contributed by atoms with Crippen LogP contribution in [0.4, 0.5) is 5.69 Å². The molecule has 1 aromatic heterocycles. The molecule has 3 aromatic rings. The van der Waals surface area contributed by atoms with E-state index in [1.807, 2.05) is 6.07 Å². The number of aromatic nitrogens is 2. The van der Waals surface area contributed by atoms with Crippen molar-refractivity contribution in [2.75, 3.05) is 0 Å². The van der Waals surface area contributed by atoms with Gasteiger partial charge in [-0.3, -0.25) is 4.79 Å². The number of hydrogen-bond donors (Lipinski definition) is 2. The van der Waals surface area contributed by atoms with Crippen LogP contribution in [0.25, 0.3) is 27.5 Å². The Morgan fingerprint density at radius 3 is 2.46 bits per heavy atom. The first-order valence-electron chi connectivity index (χ1n) is 7.01. The number of carboxylic acids is 1. The van der Waals surface area contributed by atoms with Gasteiger partial charge >= 0.3 is 5.97 Å². The van der Waals surface area contributed by atoms with Crippen molar-refractivity contribution in [2.24, 2.45) is 0 Å². The van der Waals surface area contributed by atoms with Gasteiger partial charge in [-0.15, -0.1) is 0 Å². The maximum absolute atomic E-state index is 12.2. The number of nitrogens with one attached hydrogen (secondary N) is 1. The highest BCUT2D eigenvalue weighted by atomic mass is 16.4. The van der Waals surface area contributed by atoms with Crippen LogP contribution in [0.15, 0.2) is 59.4 Å². The van der Waals surface area contributed by atoms with Gasteiger partial charge in [0.05, 0.1) is 17.8 Å². The number of H-pyrrole nitrogens is 1. The molecule has 3 rings (SSSR count). The van der Waals surface area contributed by atoms with Crippen LogP contribution in [0.1, 0.15) is 10.4 Å². The lowest BCUT2D eigenvalue weighted by molar-refractivity contribution is 0.0697. The summed E-state index contributed by atoms with van der Waals surface area (Å²) >= 11 is 0. The lowest BCUT2D eigenvalue weighted by Gasteiger charge is -2.07. The van der Waals surface area contributed by atoms with Gasteiger partial charge in [-0.05, 0) is 17.7 Å². The maximum Gasteiger partial charge on any atom is 0.335 e. The minimum atomic E-state index is -1.07. The smallest absolute Gasteiger partial charge is 0.335 e. The van der Waals surface area contributed by atoms with E-state index in [9.17, 15) is 9.59 Å². The van der Waals surface area contributed by atoms with Gasteiger partial charge in [0.2, 0.25) is 0 Å². The third-order valence-electron chi connectivity index (χ3n) is 3.44. The summed E-state index contributed by atoms with van der Waals surface area (Å²) in [4.78, 5) is 33.5. The standard InChI is InChI=1S/C18H11N3O3/c1-19-15-14(11-6-3-2-4-7-11)20-16(21-17(15)22)12-8-5-9-13(10-12)18(23)24/h2-10H,(H,23,24)(H,20,21,22). The van der Waals surface area contributed by atoms with Crippen LogP contribution in [0.3, 0.4) is 0 Å². The van der Waals surface area contributed by atoms with Gasteiger partial charge in [-0.25, -0.2) is 14.6 Å². The highest BCUT2D eigenvalue weighted by Gasteiger charge is 2.15. The SMILES string of the molecule is [C-]#[N+]c1c(-c2ccccc2)nc(-c2cccc(C(=O)O)c2)[nH]c1=O. The van der Waals surface area contributed by atoms with Crippen molar-refractivity contribution in [1.82, 2.24) is 9.97 Å².